The second-order valence-corrected chi connectivity index (χ2v) is 9.09. The summed E-state index contributed by atoms with van der Waals surface area (Å²) in [4.78, 5) is 39.3. The fraction of sp³-hybridized carbons (Fsp3) is 0.609. The van der Waals surface area contributed by atoms with Gasteiger partial charge in [0.25, 0.3) is 0 Å². The van der Waals surface area contributed by atoms with Crippen LogP contribution < -0.4 is 5.32 Å². The molecule has 2 atom stereocenters. The van der Waals surface area contributed by atoms with Crippen LogP contribution in [0.2, 0.25) is 0 Å². The van der Waals surface area contributed by atoms with E-state index >= 15 is 0 Å². The number of hydrogen-bond acceptors (Lipinski definition) is 4. The van der Waals surface area contributed by atoms with E-state index in [1.54, 1.807) is 4.90 Å². The van der Waals surface area contributed by atoms with E-state index in [4.69, 9.17) is 4.74 Å². The molecule has 0 saturated carbocycles. The largest absolute Gasteiger partial charge is 0.480 e. The Morgan fingerprint density at radius 3 is 2.20 bits per heavy atom. The summed E-state index contributed by atoms with van der Waals surface area (Å²) < 4.78 is 5.46. The van der Waals surface area contributed by atoms with Crippen molar-refractivity contribution in [3.63, 3.8) is 0 Å². The molecule has 1 aromatic carbocycles. The topological polar surface area (TPSA) is 95.9 Å². The monoisotopic (exact) mass is 418 g/mol. The Kier molecular flexibility index (Phi) is 7.50. The van der Waals surface area contributed by atoms with Crippen LogP contribution in [0.25, 0.3) is 0 Å². The molecule has 7 nitrogen and oxygen atoms in total. The number of carboxylic acid groups (broad SMARTS) is 1. The van der Waals surface area contributed by atoms with E-state index in [1.165, 1.54) is 0 Å². The summed E-state index contributed by atoms with van der Waals surface area (Å²) in [6.45, 7) is 9.89. The lowest BCUT2D eigenvalue weighted by Crippen LogP contribution is -2.57. The van der Waals surface area contributed by atoms with Gasteiger partial charge in [-0.3, -0.25) is 4.79 Å². The van der Waals surface area contributed by atoms with Gasteiger partial charge >= 0.3 is 12.1 Å². The molecular formula is C23H34N2O5. The Morgan fingerprint density at radius 2 is 1.73 bits per heavy atom. The number of ether oxygens (including phenoxy) is 1. The summed E-state index contributed by atoms with van der Waals surface area (Å²) in [5.41, 5.74) is -0.645. The van der Waals surface area contributed by atoms with Gasteiger partial charge in [0.2, 0.25) is 5.91 Å². The molecule has 0 aromatic heterocycles. The van der Waals surface area contributed by atoms with E-state index in [0.29, 0.717) is 32.4 Å². The third-order valence-electron chi connectivity index (χ3n) is 5.80. The van der Waals surface area contributed by atoms with Crippen LogP contribution >= 0.6 is 0 Å². The lowest BCUT2D eigenvalue weighted by molar-refractivity contribution is -0.144. The molecule has 1 heterocycles. The first kappa shape index (κ1) is 23.7. The lowest BCUT2D eigenvalue weighted by atomic mass is 9.71. The third-order valence-corrected chi connectivity index (χ3v) is 5.80. The first-order chi connectivity index (χ1) is 14.0. The van der Waals surface area contributed by atoms with Gasteiger partial charge in [-0.25, -0.2) is 9.59 Å². The summed E-state index contributed by atoms with van der Waals surface area (Å²) in [6, 6.07) is 8.45. The normalized spacial score (nSPS) is 18.2. The zero-order valence-electron chi connectivity index (χ0n) is 18.6. The molecule has 1 aliphatic rings. The van der Waals surface area contributed by atoms with Crippen molar-refractivity contribution in [2.24, 2.45) is 5.92 Å². The van der Waals surface area contributed by atoms with Crippen LogP contribution in [-0.2, 0) is 19.7 Å². The van der Waals surface area contributed by atoms with Crippen molar-refractivity contribution in [3.05, 3.63) is 35.9 Å². The van der Waals surface area contributed by atoms with Crippen LogP contribution in [-0.4, -0.2) is 52.7 Å². The van der Waals surface area contributed by atoms with E-state index < -0.39 is 29.1 Å². The molecule has 30 heavy (non-hydrogen) atoms. The van der Waals surface area contributed by atoms with Gasteiger partial charge in [0, 0.05) is 13.1 Å². The van der Waals surface area contributed by atoms with Gasteiger partial charge in [-0.15, -0.1) is 0 Å². The summed E-state index contributed by atoms with van der Waals surface area (Å²) >= 11 is 0. The molecule has 1 aliphatic heterocycles. The molecule has 2 rings (SSSR count). The van der Waals surface area contributed by atoms with Crippen LogP contribution in [0.1, 0.15) is 59.4 Å². The number of benzene rings is 1. The smallest absolute Gasteiger partial charge is 0.410 e. The quantitative estimate of drug-likeness (QED) is 0.736. The highest BCUT2D eigenvalue weighted by atomic mass is 16.6. The molecular weight excluding hydrogens is 384 g/mol. The van der Waals surface area contributed by atoms with E-state index in [1.807, 2.05) is 65.0 Å². The van der Waals surface area contributed by atoms with Crippen LogP contribution in [0.15, 0.2) is 30.3 Å². The molecule has 0 spiro atoms. The molecule has 1 fully saturated rings. The number of rotatable bonds is 6. The van der Waals surface area contributed by atoms with Crippen molar-refractivity contribution in [1.29, 1.82) is 0 Å². The minimum absolute atomic E-state index is 0.193. The number of amides is 2. The Hall–Kier alpha value is -2.57. The first-order valence-corrected chi connectivity index (χ1v) is 10.6. The molecule has 1 saturated heterocycles. The van der Waals surface area contributed by atoms with Gasteiger partial charge in [-0.05, 0) is 45.1 Å². The van der Waals surface area contributed by atoms with Crippen molar-refractivity contribution in [1.82, 2.24) is 10.2 Å². The minimum atomic E-state index is -1.04. The number of carbonyl (C=O) groups is 3. The molecule has 0 bridgehead atoms. The lowest BCUT2D eigenvalue weighted by Gasteiger charge is -2.42. The van der Waals surface area contributed by atoms with Crippen LogP contribution in [0, 0.1) is 5.92 Å². The second kappa shape index (κ2) is 9.49. The Labute approximate surface area is 178 Å². The van der Waals surface area contributed by atoms with Crippen LogP contribution in [0.5, 0.6) is 0 Å². The van der Waals surface area contributed by atoms with Crippen molar-refractivity contribution < 1.29 is 24.2 Å². The van der Waals surface area contributed by atoms with Crippen molar-refractivity contribution in [2.45, 2.75) is 70.9 Å². The van der Waals surface area contributed by atoms with Crippen molar-refractivity contribution >= 4 is 18.0 Å². The standard InChI is InChI=1S/C23H34N2O5/c1-6-16(2)18(19(26)27)24-20(28)23(17-10-8-7-9-11-17)12-14-25(15-13-23)21(29)30-22(3,4)5/h7-11,16,18H,6,12-15H2,1-5H3,(H,24,28)(H,26,27)/t16?,18-/m0/s1. The van der Waals surface area contributed by atoms with Gasteiger partial charge < -0.3 is 20.1 Å². The maximum Gasteiger partial charge on any atom is 0.410 e. The number of aliphatic carboxylic acids is 1. The fourth-order valence-electron chi connectivity index (χ4n) is 3.76. The van der Waals surface area contributed by atoms with Gasteiger partial charge in [-0.1, -0.05) is 50.6 Å². The zero-order chi connectivity index (χ0) is 22.5. The summed E-state index contributed by atoms with van der Waals surface area (Å²) in [5, 5.41) is 12.4. The second-order valence-electron chi connectivity index (χ2n) is 9.09. The predicted molar refractivity (Wildman–Crippen MR) is 114 cm³/mol. The molecule has 166 valence electrons. The van der Waals surface area contributed by atoms with Gasteiger partial charge in [0.15, 0.2) is 0 Å². The number of carbonyl (C=O) groups excluding carboxylic acids is 2. The number of nitrogens with zero attached hydrogens (tertiary/aromatic N) is 1. The van der Waals surface area contributed by atoms with Crippen molar-refractivity contribution in [3.8, 4) is 0 Å². The van der Waals surface area contributed by atoms with Gasteiger partial charge in [0.05, 0.1) is 5.41 Å². The molecule has 1 unspecified atom stereocenters. The molecule has 0 radical (unpaired) electrons. The molecule has 1 aromatic rings. The molecule has 2 amide bonds. The average molecular weight is 419 g/mol. The van der Waals surface area contributed by atoms with Crippen LogP contribution in [0.4, 0.5) is 4.79 Å². The SMILES string of the molecule is CCC(C)[C@H](NC(=O)C1(c2ccccc2)CCN(C(=O)OC(C)(C)C)CC1)C(=O)O. The molecule has 0 aliphatic carbocycles. The van der Waals surface area contributed by atoms with Gasteiger partial charge in [0.1, 0.15) is 11.6 Å². The number of piperidine rings is 1. The highest BCUT2D eigenvalue weighted by molar-refractivity contribution is 5.92. The maximum absolute atomic E-state index is 13.5. The Bertz CT molecular complexity index is 749. The number of carboxylic acids is 1. The summed E-state index contributed by atoms with van der Waals surface area (Å²) in [5.74, 6) is -1.53. The van der Waals surface area contributed by atoms with E-state index in [2.05, 4.69) is 5.32 Å². The number of likely N-dealkylation sites (tertiary alicyclic amines) is 1. The van der Waals surface area contributed by atoms with E-state index in [0.717, 1.165) is 5.56 Å². The highest BCUT2D eigenvalue weighted by Crippen LogP contribution is 2.36. The minimum Gasteiger partial charge on any atom is -0.480 e. The van der Waals surface area contributed by atoms with E-state index in [9.17, 15) is 19.5 Å². The number of nitrogens with one attached hydrogen (secondary N) is 1. The fourth-order valence-corrected chi connectivity index (χ4v) is 3.76. The van der Waals surface area contributed by atoms with E-state index in [-0.39, 0.29) is 11.8 Å². The summed E-state index contributed by atoms with van der Waals surface area (Å²) in [7, 11) is 0. The molecule has 2 N–H and O–H groups in total. The third kappa shape index (κ3) is 5.52. The van der Waals surface area contributed by atoms with Crippen LogP contribution in [0.3, 0.4) is 0 Å². The highest BCUT2D eigenvalue weighted by Gasteiger charge is 2.45. The summed E-state index contributed by atoms with van der Waals surface area (Å²) in [6.07, 6.45) is 1.04. The Morgan fingerprint density at radius 1 is 1.17 bits per heavy atom. The molecule has 7 heteroatoms. The number of hydrogen-bond donors (Lipinski definition) is 2. The maximum atomic E-state index is 13.5. The predicted octanol–water partition coefficient (Wildman–Crippen LogP) is 3.57. The zero-order valence-corrected chi connectivity index (χ0v) is 18.6. The first-order valence-electron chi connectivity index (χ1n) is 10.6. The Balaban J connectivity index is 2.26. The van der Waals surface area contributed by atoms with Crippen molar-refractivity contribution in [2.75, 3.05) is 13.1 Å². The van der Waals surface area contributed by atoms with Gasteiger partial charge in [-0.2, -0.15) is 0 Å². The average Bonchev–Trinajstić information content (AvgIpc) is 2.70.